The smallest absolute Gasteiger partial charge is 0.115 e. The molecule has 2 atom stereocenters. The minimum Gasteiger partial charge on any atom is -0.508 e. The number of rotatable bonds is 0. The van der Waals surface area contributed by atoms with E-state index in [9.17, 15) is 5.11 Å². The highest BCUT2D eigenvalue weighted by Crippen LogP contribution is 2.36. The lowest BCUT2D eigenvalue weighted by Gasteiger charge is -2.28. The van der Waals surface area contributed by atoms with Crippen molar-refractivity contribution >= 4 is 0 Å². The van der Waals surface area contributed by atoms with Crippen molar-refractivity contribution in [1.82, 2.24) is 0 Å². The first-order valence-corrected chi connectivity index (χ1v) is 5.00. The summed E-state index contributed by atoms with van der Waals surface area (Å²) < 4.78 is 0. The molecule has 70 valence electrons. The SMILES string of the molecule is CC1CCc2cc(O)ccc2[C@@H]1C. The van der Waals surface area contributed by atoms with Crippen molar-refractivity contribution in [3.05, 3.63) is 29.3 Å². The van der Waals surface area contributed by atoms with Crippen LogP contribution >= 0.6 is 0 Å². The van der Waals surface area contributed by atoms with E-state index in [2.05, 4.69) is 19.9 Å². The molecule has 2 rings (SSSR count). The van der Waals surface area contributed by atoms with Gasteiger partial charge in [0.05, 0.1) is 0 Å². The van der Waals surface area contributed by atoms with Gasteiger partial charge in [-0.3, -0.25) is 0 Å². The van der Waals surface area contributed by atoms with Crippen LogP contribution in [0.3, 0.4) is 0 Å². The van der Waals surface area contributed by atoms with Gasteiger partial charge in [0, 0.05) is 0 Å². The average molecular weight is 176 g/mol. The number of aromatic hydroxyl groups is 1. The molecule has 0 spiro atoms. The lowest BCUT2D eigenvalue weighted by molar-refractivity contribution is 0.421. The van der Waals surface area contributed by atoms with E-state index in [1.54, 1.807) is 6.07 Å². The monoisotopic (exact) mass is 176 g/mol. The van der Waals surface area contributed by atoms with Crippen LogP contribution in [0, 0.1) is 5.92 Å². The molecular weight excluding hydrogens is 160 g/mol. The fraction of sp³-hybridized carbons (Fsp3) is 0.500. The molecule has 1 aromatic carbocycles. The van der Waals surface area contributed by atoms with Crippen LogP contribution in [0.1, 0.15) is 37.3 Å². The molecule has 1 aliphatic carbocycles. The molecule has 0 heterocycles. The van der Waals surface area contributed by atoms with E-state index in [0.717, 1.165) is 12.3 Å². The minimum atomic E-state index is 0.403. The molecule has 1 aromatic rings. The van der Waals surface area contributed by atoms with Crippen molar-refractivity contribution < 1.29 is 5.11 Å². The lowest BCUT2D eigenvalue weighted by atomic mass is 9.77. The van der Waals surface area contributed by atoms with Crippen LogP contribution in [0.15, 0.2) is 18.2 Å². The molecule has 0 fully saturated rings. The highest BCUT2D eigenvalue weighted by atomic mass is 16.3. The Balaban J connectivity index is 2.44. The van der Waals surface area contributed by atoms with E-state index in [0.29, 0.717) is 11.7 Å². The van der Waals surface area contributed by atoms with Crippen LogP contribution in [-0.4, -0.2) is 5.11 Å². The summed E-state index contributed by atoms with van der Waals surface area (Å²) in [5, 5.41) is 9.34. The van der Waals surface area contributed by atoms with Gasteiger partial charge in [0.2, 0.25) is 0 Å². The van der Waals surface area contributed by atoms with Crippen LogP contribution in [-0.2, 0) is 6.42 Å². The maximum atomic E-state index is 9.34. The first-order valence-electron chi connectivity index (χ1n) is 5.00. The second-order valence-electron chi connectivity index (χ2n) is 4.19. The van der Waals surface area contributed by atoms with Crippen molar-refractivity contribution in [2.75, 3.05) is 0 Å². The fourth-order valence-electron chi connectivity index (χ4n) is 2.19. The van der Waals surface area contributed by atoms with Gasteiger partial charge in [-0.05, 0) is 47.9 Å². The third kappa shape index (κ3) is 1.43. The van der Waals surface area contributed by atoms with Crippen LogP contribution in [0.5, 0.6) is 5.75 Å². The van der Waals surface area contributed by atoms with Gasteiger partial charge in [0.1, 0.15) is 5.75 Å². The van der Waals surface area contributed by atoms with Gasteiger partial charge >= 0.3 is 0 Å². The Hall–Kier alpha value is -0.980. The molecule has 1 N–H and O–H groups in total. The van der Waals surface area contributed by atoms with Gasteiger partial charge in [0.25, 0.3) is 0 Å². The summed E-state index contributed by atoms with van der Waals surface area (Å²) in [4.78, 5) is 0. The second kappa shape index (κ2) is 3.06. The number of phenols is 1. The Morgan fingerprint density at radius 2 is 2.08 bits per heavy atom. The van der Waals surface area contributed by atoms with E-state index in [4.69, 9.17) is 0 Å². The molecule has 0 saturated carbocycles. The summed E-state index contributed by atoms with van der Waals surface area (Å²) in [7, 11) is 0. The summed E-state index contributed by atoms with van der Waals surface area (Å²) in [6.07, 6.45) is 2.37. The zero-order valence-corrected chi connectivity index (χ0v) is 8.25. The predicted octanol–water partition coefficient (Wildman–Crippen LogP) is 3.08. The van der Waals surface area contributed by atoms with Gasteiger partial charge in [-0.2, -0.15) is 0 Å². The van der Waals surface area contributed by atoms with Crippen molar-refractivity contribution in [3.63, 3.8) is 0 Å². The lowest BCUT2D eigenvalue weighted by Crippen LogP contribution is -2.15. The van der Waals surface area contributed by atoms with Crippen LogP contribution in [0.25, 0.3) is 0 Å². The van der Waals surface area contributed by atoms with E-state index in [-0.39, 0.29) is 0 Å². The standard InChI is InChI=1S/C12H16O/c1-8-3-4-10-7-11(13)5-6-12(10)9(8)2/h5-9,13H,3-4H2,1-2H3/t8?,9-/m1/s1. The molecule has 0 amide bonds. The quantitative estimate of drug-likeness (QED) is 0.644. The van der Waals surface area contributed by atoms with Gasteiger partial charge < -0.3 is 5.11 Å². The maximum absolute atomic E-state index is 9.34. The third-order valence-corrected chi connectivity index (χ3v) is 3.34. The van der Waals surface area contributed by atoms with Gasteiger partial charge in [-0.1, -0.05) is 19.9 Å². The molecule has 1 heteroatoms. The predicted molar refractivity (Wildman–Crippen MR) is 54.0 cm³/mol. The molecular formula is C12H16O. The first kappa shape index (κ1) is 8.61. The van der Waals surface area contributed by atoms with Crippen molar-refractivity contribution in [3.8, 4) is 5.75 Å². The minimum absolute atomic E-state index is 0.403. The number of benzene rings is 1. The third-order valence-electron chi connectivity index (χ3n) is 3.34. The zero-order chi connectivity index (χ0) is 9.42. The largest absolute Gasteiger partial charge is 0.508 e. The molecule has 0 saturated heterocycles. The van der Waals surface area contributed by atoms with E-state index in [1.165, 1.54) is 17.5 Å². The topological polar surface area (TPSA) is 20.2 Å². The number of fused-ring (bicyclic) bond motifs is 1. The molecule has 0 radical (unpaired) electrons. The molecule has 1 unspecified atom stereocenters. The first-order chi connectivity index (χ1) is 6.18. The van der Waals surface area contributed by atoms with Gasteiger partial charge in [0.15, 0.2) is 0 Å². The number of phenolic OH excluding ortho intramolecular Hbond substituents is 1. The second-order valence-corrected chi connectivity index (χ2v) is 4.19. The molecule has 1 nitrogen and oxygen atoms in total. The molecule has 0 bridgehead atoms. The highest BCUT2D eigenvalue weighted by Gasteiger charge is 2.22. The highest BCUT2D eigenvalue weighted by molar-refractivity contribution is 5.38. The van der Waals surface area contributed by atoms with Crippen LogP contribution in [0.2, 0.25) is 0 Å². The Morgan fingerprint density at radius 1 is 1.31 bits per heavy atom. The summed E-state index contributed by atoms with van der Waals surface area (Å²) in [6.45, 7) is 4.58. The molecule has 1 aliphatic rings. The normalized spacial score (nSPS) is 26.9. The molecule has 0 aliphatic heterocycles. The Bertz CT molecular complexity index is 317. The van der Waals surface area contributed by atoms with Gasteiger partial charge in [-0.25, -0.2) is 0 Å². The Morgan fingerprint density at radius 3 is 2.85 bits per heavy atom. The average Bonchev–Trinajstić information content (AvgIpc) is 2.12. The zero-order valence-electron chi connectivity index (χ0n) is 8.25. The van der Waals surface area contributed by atoms with Crippen molar-refractivity contribution in [1.29, 1.82) is 0 Å². The summed E-state index contributed by atoms with van der Waals surface area (Å²) in [6, 6.07) is 5.79. The summed E-state index contributed by atoms with van der Waals surface area (Å²) in [5.74, 6) is 1.82. The fourth-order valence-corrected chi connectivity index (χ4v) is 2.19. The van der Waals surface area contributed by atoms with Crippen LogP contribution < -0.4 is 0 Å². The van der Waals surface area contributed by atoms with Crippen LogP contribution in [0.4, 0.5) is 0 Å². The molecule has 13 heavy (non-hydrogen) atoms. The van der Waals surface area contributed by atoms with E-state index >= 15 is 0 Å². The number of aryl methyl sites for hydroxylation is 1. The van der Waals surface area contributed by atoms with Crippen molar-refractivity contribution in [2.24, 2.45) is 5.92 Å². The molecule has 0 aromatic heterocycles. The maximum Gasteiger partial charge on any atom is 0.115 e. The number of hydrogen-bond acceptors (Lipinski definition) is 1. The number of hydrogen-bond donors (Lipinski definition) is 1. The Kier molecular flexibility index (Phi) is 2.03. The van der Waals surface area contributed by atoms with Gasteiger partial charge in [-0.15, -0.1) is 0 Å². The summed E-state index contributed by atoms with van der Waals surface area (Å²) in [5.41, 5.74) is 2.77. The van der Waals surface area contributed by atoms with Crippen molar-refractivity contribution in [2.45, 2.75) is 32.6 Å². The Labute approximate surface area is 79.4 Å². The summed E-state index contributed by atoms with van der Waals surface area (Å²) >= 11 is 0. The van der Waals surface area contributed by atoms with E-state index in [1.807, 2.05) is 6.07 Å². The van der Waals surface area contributed by atoms with E-state index < -0.39 is 0 Å².